The van der Waals surface area contributed by atoms with E-state index in [1.807, 2.05) is 0 Å². The van der Waals surface area contributed by atoms with E-state index in [1.54, 1.807) is 0 Å². The standard InChI is InChI=1S/C20H42O2/c1-4-7-9-11-13-15-19(21)17-18(6-3)20(22)16-14-12-10-8-5-2/h18-22H,4-17H2,1-3H3. The van der Waals surface area contributed by atoms with Crippen LogP contribution in [0.15, 0.2) is 0 Å². The molecule has 22 heavy (non-hydrogen) atoms. The Labute approximate surface area is 139 Å². The number of aliphatic hydroxyl groups excluding tert-OH is 2. The first-order valence-corrected chi connectivity index (χ1v) is 10.0. The molecule has 0 aliphatic carbocycles. The Morgan fingerprint density at radius 3 is 1.64 bits per heavy atom. The third-order valence-corrected chi connectivity index (χ3v) is 4.89. The first-order valence-electron chi connectivity index (χ1n) is 10.0. The topological polar surface area (TPSA) is 40.5 Å². The summed E-state index contributed by atoms with van der Waals surface area (Å²) in [5.41, 5.74) is 0. The van der Waals surface area contributed by atoms with E-state index in [1.165, 1.54) is 51.4 Å². The van der Waals surface area contributed by atoms with Gasteiger partial charge < -0.3 is 10.2 Å². The lowest BCUT2D eigenvalue weighted by Crippen LogP contribution is -2.24. The van der Waals surface area contributed by atoms with Gasteiger partial charge in [-0.25, -0.2) is 0 Å². The summed E-state index contributed by atoms with van der Waals surface area (Å²) in [5.74, 6) is 0.275. The van der Waals surface area contributed by atoms with E-state index < -0.39 is 0 Å². The summed E-state index contributed by atoms with van der Waals surface area (Å²) in [4.78, 5) is 0. The molecule has 0 aromatic rings. The van der Waals surface area contributed by atoms with Gasteiger partial charge in [-0.15, -0.1) is 0 Å². The molecule has 0 rings (SSSR count). The smallest absolute Gasteiger partial charge is 0.0569 e. The van der Waals surface area contributed by atoms with E-state index in [4.69, 9.17) is 0 Å². The third-order valence-electron chi connectivity index (χ3n) is 4.89. The molecule has 0 aromatic carbocycles. The van der Waals surface area contributed by atoms with Crippen LogP contribution in [0, 0.1) is 5.92 Å². The van der Waals surface area contributed by atoms with Gasteiger partial charge in [0, 0.05) is 0 Å². The Kier molecular flexibility index (Phi) is 15.7. The quantitative estimate of drug-likeness (QED) is 0.351. The molecule has 0 bridgehead atoms. The van der Waals surface area contributed by atoms with Crippen molar-refractivity contribution in [2.45, 2.75) is 123 Å². The first-order chi connectivity index (χ1) is 10.7. The molecular weight excluding hydrogens is 272 g/mol. The fourth-order valence-corrected chi connectivity index (χ4v) is 3.24. The fraction of sp³-hybridized carbons (Fsp3) is 1.00. The van der Waals surface area contributed by atoms with Gasteiger partial charge in [0.05, 0.1) is 12.2 Å². The van der Waals surface area contributed by atoms with Crippen LogP contribution in [0.2, 0.25) is 0 Å². The van der Waals surface area contributed by atoms with Crippen molar-refractivity contribution in [3.63, 3.8) is 0 Å². The third kappa shape index (κ3) is 12.5. The second-order valence-electron chi connectivity index (χ2n) is 7.03. The molecule has 2 heteroatoms. The highest BCUT2D eigenvalue weighted by Gasteiger charge is 2.20. The van der Waals surface area contributed by atoms with E-state index >= 15 is 0 Å². The summed E-state index contributed by atoms with van der Waals surface area (Å²) in [5, 5.41) is 20.5. The molecule has 134 valence electrons. The molecule has 0 saturated heterocycles. The maximum atomic E-state index is 10.3. The Balaban J connectivity index is 3.77. The van der Waals surface area contributed by atoms with Gasteiger partial charge in [0.25, 0.3) is 0 Å². The second-order valence-corrected chi connectivity index (χ2v) is 7.03. The monoisotopic (exact) mass is 314 g/mol. The van der Waals surface area contributed by atoms with Gasteiger partial charge in [-0.2, -0.15) is 0 Å². The first kappa shape index (κ1) is 21.9. The fourth-order valence-electron chi connectivity index (χ4n) is 3.24. The molecule has 0 aliphatic heterocycles. The van der Waals surface area contributed by atoms with E-state index in [0.29, 0.717) is 0 Å². The van der Waals surface area contributed by atoms with Gasteiger partial charge in [-0.05, 0) is 25.2 Å². The van der Waals surface area contributed by atoms with Gasteiger partial charge in [0.15, 0.2) is 0 Å². The molecule has 0 amide bonds. The van der Waals surface area contributed by atoms with Crippen LogP contribution < -0.4 is 0 Å². The number of hydrogen-bond acceptors (Lipinski definition) is 2. The van der Waals surface area contributed by atoms with Crippen molar-refractivity contribution >= 4 is 0 Å². The Bertz CT molecular complexity index is 218. The van der Waals surface area contributed by atoms with Crippen molar-refractivity contribution in [3.8, 4) is 0 Å². The zero-order valence-electron chi connectivity index (χ0n) is 15.5. The number of aliphatic hydroxyl groups is 2. The van der Waals surface area contributed by atoms with E-state index in [9.17, 15) is 10.2 Å². The van der Waals surface area contributed by atoms with Gasteiger partial charge in [-0.3, -0.25) is 0 Å². The Hall–Kier alpha value is -0.0800. The number of rotatable bonds is 16. The largest absolute Gasteiger partial charge is 0.393 e. The summed E-state index contributed by atoms with van der Waals surface area (Å²) >= 11 is 0. The van der Waals surface area contributed by atoms with Crippen LogP contribution in [0.25, 0.3) is 0 Å². The molecule has 2 nitrogen and oxygen atoms in total. The Morgan fingerprint density at radius 1 is 0.636 bits per heavy atom. The van der Waals surface area contributed by atoms with Crippen molar-refractivity contribution in [1.82, 2.24) is 0 Å². The van der Waals surface area contributed by atoms with Crippen molar-refractivity contribution in [2.75, 3.05) is 0 Å². The van der Waals surface area contributed by atoms with E-state index in [2.05, 4.69) is 20.8 Å². The lowest BCUT2D eigenvalue weighted by atomic mass is 9.88. The summed E-state index contributed by atoms with van der Waals surface area (Å²) < 4.78 is 0. The molecule has 0 spiro atoms. The second kappa shape index (κ2) is 15.8. The van der Waals surface area contributed by atoms with Crippen LogP contribution in [0.5, 0.6) is 0 Å². The average molecular weight is 315 g/mol. The highest BCUT2D eigenvalue weighted by atomic mass is 16.3. The normalized spacial score (nSPS) is 15.7. The van der Waals surface area contributed by atoms with Crippen LogP contribution in [0.3, 0.4) is 0 Å². The molecule has 0 heterocycles. The Morgan fingerprint density at radius 2 is 1.14 bits per heavy atom. The summed E-state index contributed by atoms with van der Waals surface area (Å²) in [6, 6.07) is 0. The molecule has 2 N–H and O–H groups in total. The molecule has 3 atom stereocenters. The minimum atomic E-state index is -0.221. The summed E-state index contributed by atoms with van der Waals surface area (Å²) in [6.45, 7) is 6.59. The average Bonchev–Trinajstić information content (AvgIpc) is 2.52. The van der Waals surface area contributed by atoms with Crippen LogP contribution >= 0.6 is 0 Å². The van der Waals surface area contributed by atoms with Crippen LogP contribution in [-0.4, -0.2) is 22.4 Å². The highest BCUT2D eigenvalue weighted by Crippen LogP contribution is 2.22. The maximum Gasteiger partial charge on any atom is 0.0569 e. The molecule has 0 radical (unpaired) electrons. The van der Waals surface area contributed by atoms with E-state index in [-0.39, 0.29) is 18.1 Å². The van der Waals surface area contributed by atoms with Crippen LogP contribution in [-0.2, 0) is 0 Å². The predicted octanol–water partition coefficient (Wildman–Crippen LogP) is 5.85. The number of hydrogen-bond donors (Lipinski definition) is 2. The molecular formula is C20H42O2. The van der Waals surface area contributed by atoms with Gasteiger partial charge >= 0.3 is 0 Å². The lowest BCUT2D eigenvalue weighted by Gasteiger charge is -2.24. The molecule has 0 aliphatic rings. The van der Waals surface area contributed by atoms with Crippen LogP contribution in [0.1, 0.15) is 111 Å². The van der Waals surface area contributed by atoms with Gasteiger partial charge in [0.2, 0.25) is 0 Å². The van der Waals surface area contributed by atoms with Crippen molar-refractivity contribution in [3.05, 3.63) is 0 Å². The van der Waals surface area contributed by atoms with Gasteiger partial charge in [0.1, 0.15) is 0 Å². The SMILES string of the molecule is CCCCCCCC(O)CC(CC)C(O)CCCCCCC. The minimum Gasteiger partial charge on any atom is -0.393 e. The van der Waals surface area contributed by atoms with Crippen molar-refractivity contribution in [1.29, 1.82) is 0 Å². The highest BCUT2D eigenvalue weighted by molar-refractivity contribution is 4.72. The zero-order chi connectivity index (χ0) is 16.6. The van der Waals surface area contributed by atoms with Crippen molar-refractivity contribution < 1.29 is 10.2 Å². The minimum absolute atomic E-state index is 0.221. The van der Waals surface area contributed by atoms with Crippen LogP contribution in [0.4, 0.5) is 0 Å². The van der Waals surface area contributed by atoms with E-state index in [0.717, 1.165) is 38.5 Å². The maximum absolute atomic E-state index is 10.3. The molecule has 3 unspecified atom stereocenters. The number of unbranched alkanes of at least 4 members (excludes halogenated alkanes) is 8. The molecule has 0 fully saturated rings. The zero-order valence-corrected chi connectivity index (χ0v) is 15.5. The summed E-state index contributed by atoms with van der Waals surface area (Å²) in [6.07, 6.45) is 15.6. The lowest BCUT2D eigenvalue weighted by molar-refractivity contribution is 0.0486. The van der Waals surface area contributed by atoms with Gasteiger partial charge in [-0.1, -0.05) is 91.4 Å². The van der Waals surface area contributed by atoms with Crippen molar-refractivity contribution in [2.24, 2.45) is 5.92 Å². The molecule has 0 aromatic heterocycles. The predicted molar refractivity (Wildman–Crippen MR) is 97.2 cm³/mol. The molecule has 0 saturated carbocycles. The summed E-state index contributed by atoms with van der Waals surface area (Å²) in [7, 11) is 0.